The minimum absolute atomic E-state index is 0.0468. The molecule has 0 spiro atoms. The van der Waals surface area contributed by atoms with Gasteiger partial charge in [0.1, 0.15) is 29.9 Å². The monoisotopic (exact) mass is 717 g/mol. The van der Waals surface area contributed by atoms with Gasteiger partial charge in [0.05, 0.1) is 43.7 Å². The summed E-state index contributed by atoms with van der Waals surface area (Å²) in [6.45, 7) is 13.3. The molecule has 0 saturated heterocycles. The molecule has 50 heavy (non-hydrogen) atoms. The number of nitrogens with one attached hydrogen (secondary N) is 1. The normalized spacial score (nSPS) is 13.5. The second-order valence-corrected chi connectivity index (χ2v) is 11.2. The quantitative estimate of drug-likeness (QED) is 0.0550. The van der Waals surface area contributed by atoms with E-state index < -0.39 is 18.0 Å². The molecule has 3 aromatic heterocycles. The van der Waals surface area contributed by atoms with Gasteiger partial charge in [0.15, 0.2) is 0 Å². The molecule has 1 aromatic carbocycles. The molecule has 4 heterocycles. The molecule has 0 radical (unpaired) electrons. The number of methoxy groups -OCH3 is 1. The Hall–Kier alpha value is -4.66. The molecule has 1 amide bonds. The van der Waals surface area contributed by atoms with E-state index in [1.165, 1.54) is 48.9 Å². The number of allylic oxidation sites excluding steroid dienone is 2. The Morgan fingerprint density at radius 2 is 1.84 bits per heavy atom. The summed E-state index contributed by atoms with van der Waals surface area (Å²) >= 11 is 1.32. The summed E-state index contributed by atoms with van der Waals surface area (Å²) in [5, 5.41) is 9.42. The number of carbonyl (C=O) groups excluding carboxylic acids is 1. The highest BCUT2D eigenvalue weighted by Crippen LogP contribution is 2.40. The van der Waals surface area contributed by atoms with Gasteiger partial charge >= 0.3 is 6.18 Å². The van der Waals surface area contributed by atoms with Gasteiger partial charge in [0, 0.05) is 40.9 Å². The first-order valence-electron chi connectivity index (χ1n) is 15.7. The minimum atomic E-state index is -4.47. The summed E-state index contributed by atoms with van der Waals surface area (Å²) in [4.78, 5) is 18.6. The van der Waals surface area contributed by atoms with Crippen LogP contribution in [0.3, 0.4) is 0 Å². The maximum atomic E-state index is 14.6. The Balaban J connectivity index is 0.000000671. The van der Waals surface area contributed by atoms with E-state index in [0.717, 1.165) is 5.69 Å². The molecule has 0 bridgehead atoms. The van der Waals surface area contributed by atoms with Gasteiger partial charge in [-0.15, -0.1) is 11.3 Å². The number of fused-ring (bicyclic) bond motifs is 2. The number of amides is 1. The fraction of sp³-hybridized carbons (Fsp3) is 0.306. The molecule has 0 aliphatic carbocycles. The number of ether oxygens (including phenoxy) is 2. The number of nitrogens with zero attached hydrogens (tertiary/aromatic N) is 4. The molecule has 1 aliphatic heterocycles. The molecule has 1 atom stereocenters. The van der Waals surface area contributed by atoms with Gasteiger partial charge < -0.3 is 19.7 Å². The molecule has 1 N–H and O–H groups in total. The lowest BCUT2D eigenvalue weighted by Crippen LogP contribution is -2.37. The van der Waals surface area contributed by atoms with E-state index in [2.05, 4.69) is 28.3 Å². The van der Waals surface area contributed by atoms with Gasteiger partial charge in [0.2, 0.25) is 5.91 Å². The maximum Gasteiger partial charge on any atom is 0.407 e. The zero-order chi connectivity index (χ0) is 36.8. The predicted molar refractivity (Wildman–Crippen MR) is 188 cm³/mol. The zero-order valence-corrected chi connectivity index (χ0v) is 29.1. The number of rotatable bonds is 11. The van der Waals surface area contributed by atoms with Gasteiger partial charge in [-0.05, 0) is 42.3 Å². The average Bonchev–Trinajstić information content (AvgIpc) is 3.77. The summed E-state index contributed by atoms with van der Waals surface area (Å²) in [5.74, 6) is -1.04. The van der Waals surface area contributed by atoms with E-state index >= 15 is 0 Å². The Morgan fingerprint density at radius 1 is 1.12 bits per heavy atom. The van der Waals surface area contributed by atoms with Crippen molar-refractivity contribution in [3.05, 3.63) is 102 Å². The van der Waals surface area contributed by atoms with Crippen molar-refractivity contribution in [2.24, 2.45) is 0 Å². The molecule has 8 nitrogen and oxygen atoms in total. The number of hydrogen-bond donors (Lipinski definition) is 1. The highest BCUT2D eigenvalue weighted by atomic mass is 32.1. The highest BCUT2D eigenvalue weighted by Gasteiger charge is 2.39. The number of benzene rings is 1. The molecule has 1 aliphatic rings. The molecule has 1 unspecified atom stereocenters. The first-order chi connectivity index (χ1) is 24.1. The summed E-state index contributed by atoms with van der Waals surface area (Å²) in [6.07, 6.45) is 0.136. The predicted octanol–water partition coefficient (Wildman–Crippen LogP) is 8.79. The van der Waals surface area contributed by atoms with Crippen molar-refractivity contribution in [2.45, 2.75) is 39.2 Å². The Labute approximate surface area is 292 Å². The number of alkyl halides is 3. The Bertz CT molecular complexity index is 1800. The van der Waals surface area contributed by atoms with Gasteiger partial charge in [-0.2, -0.15) is 18.3 Å². The zero-order valence-electron chi connectivity index (χ0n) is 28.3. The summed E-state index contributed by atoms with van der Waals surface area (Å²) < 4.78 is 79.6. The van der Waals surface area contributed by atoms with E-state index in [9.17, 15) is 26.7 Å². The molecule has 5 rings (SSSR count). The minimum Gasteiger partial charge on any atom is -0.499 e. The first-order valence-corrected chi connectivity index (χ1v) is 16.5. The van der Waals surface area contributed by atoms with Gasteiger partial charge in [-0.25, -0.2) is 13.8 Å². The van der Waals surface area contributed by atoms with Crippen molar-refractivity contribution in [3.8, 4) is 22.6 Å². The third kappa shape index (κ3) is 9.73. The van der Waals surface area contributed by atoms with E-state index in [1.54, 1.807) is 46.3 Å². The van der Waals surface area contributed by atoms with Crippen molar-refractivity contribution in [1.29, 1.82) is 0 Å². The van der Waals surface area contributed by atoms with Crippen molar-refractivity contribution >= 4 is 33.4 Å². The molecular formula is C36H40F5N5O3S. The van der Waals surface area contributed by atoms with E-state index in [4.69, 9.17) is 9.72 Å². The van der Waals surface area contributed by atoms with E-state index in [-0.39, 0.29) is 17.8 Å². The third-order valence-electron chi connectivity index (χ3n) is 7.33. The van der Waals surface area contributed by atoms with Gasteiger partial charge in [-0.1, -0.05) is 51.3 Å². The van der Waals surface area contributed by atoms with E-state index in [1.807, 2.05) is 13.8 Å². The molecule has 268 valence electrons. The maximum absolute atomic E-state index is 14.6. The van der Waals surface area contributed by atoms with Crippen LogP contribution in [0.5, 0.6) is 0 Å². The number of halogens is 5. The molecule has 0 fully saturated rings. The number of aromatic nitrogens is 3. The topological polar surface area (TPSA) is 81.5 Å². The van der Waals surface area contributed by atoms with Gasteiger partial charge in [0.25, 0.3) is 0 Å². The van der Waals surface area contributed by atoms with Crippen LogP contribution in [0.1, 0.15) is 36.7 Å². The summed E-state index contributed by atoms with van der Waals surface area (Å²) in [7, 11) is 2.88. The second-order valence-electron chi connectivity index (χ2n) is 10.3. The number of thiophene rings is 1. The molecule has 4 aromatic rings. The van der Waals surface area contributed by atoms with Crippen LogP contribution in [0.25, 0.3) is 38.8 Å². The van der Waals surface area contributed by atoms with Crippen LogP contribution in [0.4, 0.5) is 22.0 Å². The lowest BCUT2D eigenvalue weighted by Gasteiger charge is -2.26. The van der Waals surface area contributed by atoms with Crippen LogP contribution in [0, 0.1) is 0 Å². The molecule has 0 saturated carbocycles. The van der Waals surface area contributed by atoms with Crippen molar-refractivity contribution in [2.75, 3.05) is 33.9 Å². The van der Waals surface area contributed by atoms with Crippen LogP contribution < -0.4 is 5.32 Å². The fourth-order valence-corrected chi connectivity index (χ4v) is 6.02. The van der Waals surface area contributed by atoms with Crippen LogP contribution in [-0.2, 0) is 27.4 Å². The summed E-state index contributed by atoms with van der Waals surface area (Å²) in [6, 6.07) is 7.64. The SMILES string of the molecule is C=CC(=O)N1CCn2nc(-c3nc(-c4ccc(C(NC)C(F)(F)F)cc4)c4ccsc4c3C=C(F)/C=C/F)cc2C1.C=COCCOC.CC. The second kappa shape index (κ2) is 18.9. The van der Waals surface area contributed by atoms with E-state index in [0.29, 0.717) is 77.2 Å². The first kappa shape index (κ1) is 39.8. The van der Waals surface area contributed by atoms with Crippen LogP contribution in [0.2, 0.25) is 0 Å². The van der Waals surface area contributed by atoms with Crippen molar-refractivity contribution in [1.82, 2.24) is 25.0 Å². The lowest BCUT2D eigenvalue weighted by molar-refractivity contribution is -0.156. The Morgan fingerprint density at radius 3 is 2.44 bits per heavy atom. The standard InChI is InChI=1S/C29H24F5N5OS.C5H10O2.C2H6/c1-3-24(40)38-11-12-39-20(16-38)15-23(37-39)26-22(14-19(31)8-10-30)27-21(9-13-41-27)25(36-26)17-4-6-18(7-5-17)28(35-2)29(32,33)34;1-3-7-5-4-6-2;1-2/h3-10,13-15,28,35H,1,11-12,16H2,2H3;3H,1,4-5H2,2H3;1-2H3/b10-8+,19-14?;;. The molecular weight excluding hydrogens is 677 g/mol. The van der Waals surface area contributed by atoms with Crippen LogP contribution >= 0.6 is 11.3 Å². The number of hydrogen-bond acceptors (Lipinski definition) is 7. The average molecular weight is 718 g/mol. The number of pyridine rings is 1. The smallest absolute Gasteiger partial charge is 0.407 e. The highest BCUT2D eigenvalue weighted by molar-refractivity contribution is 7.17. The van der Waals surface area contributed by atoms with Crippen LogP contribution in [-0.4, -0.2) is 65.7 Å². The summed E-state index contributed by atoms with van der Waals surface area (Å²) in [5.41, 5.74) is 2.93. The largest absolute Gasteiger partial charge is 0.499 e. The lowest BCUT2D eigenvalue weighted by atomic mass is 9.99. The van der Waals surface area contributed by atoms with Crippen LogP contribution in [0.15, 0.2) is 85.5 Å². The number of carbonyl (C=O) groups is 1. The Kier molecular flexibility index (Phi) is 15.1. The third-order valence-corrected chi connectivity index (χ3v) is 8.28. The van der Waals surface area contributed by atoms with Crippen molar-refractivity contribution in [3.63, 3.8) is 0 Å². The van der Waals surface area contributed by atoms with Crippen molar-refractivity contribution < 1.29 is 36.2 Å². The molecule has 14 heteroatoms. The van der Waals surface area contributed by atoms with Gasteiger partial charge in [-0.3, -0.25) is 9.48 Å². The fourth-order valence-electron chi connectivity index (χ4n) is 5.11.